The van der Waals surface area contributed by atoms with Gasteiger partial charge in [-0.2, -0.15) is 0 Å². The van der Waals surface area contributed by atoms with Gasteiger partial charge in [-0.05, 0) is 51.5 Å². The molecule has 112 valence electrons. The van der Waals surface area contributed by atoms with E-state index in [1.807, 2.05) is 52.0 Å². The summed E-state index contributed by atoms with van der Waals surface area (Å²) in [5.41, 5.74) is 0.896. The van der Waals surface area contributed by atoms with Crippen LogP contribution in [0.25, 0.3) is 0 Å². The summed E-state index contributed by atoms with van der Waals surface area (Å²) >= 11 is 0. The van der Waals surface area contributed by atoms with Gasteiger partial charge in [0.15, 0.2) is 0 Å². The van der Waals surface area contributed by atoms with Crippen LogP contribution in [0, 0.1) is 0 Å². The van der Waals surface area contributed by atoms with E-state index in [1.54, 1.807) is 0 Å². The van der Waals surface area contributed by atoms with Gasteiger partial charge in [0.1, 0.15) is 11.8 Å². The second kappa shape index (κ2) is 8.46. The zero-order valence-corrected chi connectivity index (χ0v) is 12.8. The predicted octanol–water partition coefficient (Wildman–Crippen LogP) is 3.62. The topological polar surface area (TPSA) is 47.6 Å². The van der Waals surface area contributed by atoms with Crippen molar-refractivity contribution in [1.29, 1.82) is 0 Å². The van der Waals surface area contributed by atoms with Crippen LogP contribution in [0.15, 0.2) is 24.3 Å². The second-order valence-electron chi connectivity index (χ2n) is 4.93. The highest BCUT2D eigenvalue weighted by atomic mass is 16.5. The maximum absolute atomic E-state index is 11.8. The molecule has 4 nitrogen and oxygen atoms in total. The number of esters is 1. The Morgan fingerprint density at radius 3 is 2.35 bits per heavy atom. The summed E-state index contributed by atoms with van der Waals surface area (Å²) in [4.78, 5) is 11.8. The van der Waals surface area contributed by atoms with Gasteiger partial charge in [-0.1, -0.05) is 13.3 Å². The number of hydrogen-bond donors (Lipinski definition) is 1. The molecule has 0 aliphatic heterocycles. The Labute approximate surface area is 121 Å². The van der Waals surface area contributed by atoms with Crippen LogP contribution in [-0.2, 0) is 9.53 Å². The van der Waals surface area contributed by atoms with E-state index in [9.17, 15) is 4.79 Å². The highest BCUT2D eigenvalue weighted by Gasteiger charge is 2.18. The molecule has 1 unspecified atom stereocenters. The quantitative estimate of drug-likeness (QED) is 0.738. The van der Waals surface area contributed by atoms with Gasteiger partial charge in [0.25, 0.3) is 0 Å². The van der Waals surface area contributed by atoms with Gasteiger partial charge in [0, 0.05) is 5.69 Å². The average Bonchev–Trinajstić information content (AvgIpc) is 2.40. The molecule has 0 fully saturated rings. The van der Waals surface area contributed by atoms with Gasteiger partial charge in [-0.15, -0.1) is 0 Å². The number of hydrogen-bond acceptors (Lipinski definition) is 4. The first kappa shape index (κ1) is 16.3. The molecule has 0 heterocycles. The Kier molecular flexibility index (Phi) is 6.91. The summed E-state index contributed by atoms with van der Waals surface area (Å²) in [7, 11) is 0. The number of anilines is 1. The van der Waals surface area contributed by atoms with Crippen molar-refractivity contribution in [2.24, 2.45) is 0 Å². The van der Waals surface area contributed by atoms with E-state index in [2.05, 4.69) is 5.32 Å². The average molecular weight is 279 g/mol. The fraction of sp³-hybridized carbons (Fsp3) is 0.562. The third kappa shape index (κ3) is 5.51. The summed E-state index contributed by atoms with van der Waals surface area (Å²) < 4.78 is 10.7. The van der Waals surface area contributed by atoms with Gasteiger partial charge in [-0.3, -0.25) is 0 Å². The minimum absolute atomic E-state index is 0.154. The summed E-state index contributed by atoms with van der Waals surface area (Å²) in [6.45, 7) is 8.25. The molecule has 1 aromatic carbocycles. The molecule has 0 saturated heterocycles. The normalized spacial score (nSPS) is 12.1. The van der Waals surface area contributed by atoms with Crippen LogP contribution in [0.4, 0.5) is 5.69 Å². The number of ether oxygens (including phenoxy) is 2. The van der Waals surface area contributed by atoms with Gasteiger partial charge in [0.2, 0.25) is 0 Å². The van der Waals surface area contributed by atoms with Gasteiger partial charge in [-0.25, -0.2) is 4.79 Å². The lowest BCUT2D eigenvalue weighted by Gasteiger charge is -2.18. The van der Waals surface area contributed by atoms with Gasteiger partial charge >= 0.3 is 5.97 Å². The minimum atomic E-state index is -0.295. The molecule has 0 bridgehead atoms. The van der Waals surface area contributed by atoms with Crippen molar-refractivity contribution in [3.05, 3.63) is 24.3 Å². The van der Waals surface area contributed by atoms with Crippen LogP contribution in [0.1, 0.15) is 40.5 Å². The second-order valence-corrected chi connectivity index (χ2v) is 4.93. The zero-order chi connectivity index (χ0) is 15.0. The predicted molar refractivity (Wildman–Crippen MR) is 81.2 cm³/mol. The SMILES string of the molecule is CCCC(Nc1ccc(OC(C)C)cc1)C(=O)OCC. The first-order chi connectivity index (χ1) is 9.56. The molecule has 0 saturated carbocycles. The Hall–Kier alpha value is -1.71. The molecule has 1 aromatic rings. The van der Waals surface area contributed by atoms with Gasteiger partial charge < -0.3 is 14.8 Å². The summed E-state index contributed by atoms with van der Waals surface area (Å²) in [6.07, 6.45) is 1.83. The molecule has 4 heteroatoms. The Morgan fingerprint density at radius 1 is 1.20 bits per heavy atom. The van der Waals surface area contributed by atoms with Crippen LogP contribution in [-0.4, -0.2) is 24.7 Å². The highest BCUT2D eigenvalue weighted by Crippen LogP contribution is 2.18. The van der Waals surface area contributed by atoms with E-state index in [0.29, 0.717) is 6.61 Å². The Bertz CT molecular complexity index is 401. The maximum Gasteiger partial charge on any atom is 0.328 e. The summed E-state index contributed by atoms with van der Waals surface area (Å²) in [5.74, 6) is 0.630. The van der Waals surface area contributed by atoms with Crippen molar-refractivity contribution in [2.75, 3.05) is 11.9 Å². The first-order valence-electron chi connectivity index (χ1n) is 7.26. The van der Waals surface area contributed by atoms with E-state index in [4.69, 9.17) is 9.47 Å². The zero-order valence-electron chi connectivity index (χ0n) is 12.8. The van der Waals surface area contributed by atoms with Crippen molar-refractivity contribution in [1.82, 2.24) is 0 Å². The monoisotopic (exact) mass is 279 g/mol. The third-order valence-corrected chi connectivity index (χ3v) is 2.72. The molecule has 20 heavy (non-hydrogen) atoms. The smallest absolute Gasteiger partial charge is 0.328 e. The van der Waals surface area contributed by atoms with Crippen molar-refractivity contribution < 1.29 is 14.3 Å². The van der Waals surface area contributed by atoms with E-state index >= 15 is 0 Å². The molecule has 0 amide bonds. The molecular weight excluding hydrogens is 254 g/mol. The lowest BCUT2D eigenvalue weighted by Crippen LogP contribution is -2.31. The molecule has 1 rings (SSSR count). The fourth-order valence-corrected chi connectivity index (χ4v) is 1.88. The number of rotatable bonds is 8. The molecule has 0 aromatic heterocycles. The lowest BCUT2D eigenvalue weighted by atomic mass is 10.1. The van der Waals surface area contributed by atoms with Crippen LogP contribution in [0.2, 0.25) is 0 Å². The van der Waals surface area contributed by atoms with Crippen molar-refractivity contribution in [3.8, 4) is 5.75 Å². The van der Waals surface area contributed by atoms with E-state index in [0.717, 1.165) is 24.3 Å². The van der Waals surface area contributed by atoms with E-state index in [1.165, 1.54) is 0 Å². The maximum atomic E-state index is 11.8. The number of benzene rings is 1. The van der Waals surface area contributed by atoms with E-state index < -0.39 is 0 Å². The molecule has 0 aliphatic rings. The molecule has 0 aliphatic carbocycles. The van der Waals surface area contributed by atoms with Crippen LogP contribution >= 0.6 is 0 Å². The van der Waals surface area contributed by atoms with Crippen molar-refractivity contribution in [3.63, 3.8) is 0 Å². The molecule has 0 radical (unpaired) electrons. The van der Waals surface area contributed by atoms with Crippen molar-refractivity contribution >= 4 is 11.7 Å². The first-order valence-corrected chi connectivity index (χ1v) is 7.26. The van der Waals surface area contributed by atoms with Crippen LogP contribution in [0.3, 0.4) is 0 Å². The summed E-state index contributed by atoms with van der Waals surface area (Å²) in [5, 5.41) is 3.21. The minimum Gasteiger partial charge on any atom is -0.491 e. The van der Waals surface area contributed by atoms with E-state index in [-0.39, 0.29) is 18.1 Å². The molecule has 0 spiro atoms. The highest BCUT2D eigenvalue weighted by molar-refractivity contribution is 5.79. The number of carbonyl (C=O) groups excluding carboxylic acids is 1. The lowest BCUT2D eigenvalue weighted by molar-refractivity contribution is -0.144. The summed E-state index contributed by atoms with van der Waals surface area (Å²) in [6, 6.07) is 7.34. The molecular formula is C16H25NO3. The third-order valence-electron chi connectivity index (χ3n) is 2.72. The standard InChI is InChI=1S/C16H25NO3/c1-5-7-15(16(18)19-6-2)17-13-8-10-14(11-9-13)20-12(3)4/h8-12,15,17H,5-7H2,1-4H3. The largest absolute Gasteiger partial charge is 0.491 e. The Morgan fingerprint density at radius 2 is 1.85 bits per heavy atom. The fourth-order valence-electron chi connectivity index (χ4n) is 1.88. The van der Waals surface area contributed by atoms with Gasteiger partial charge in [0.05, 0.1) is 12.7 Å². The van der Waals surface area contributed by atoms with Crippen LogP contribution in [0.5, 0.6) is 5.75 Å². The van der Waals surface area contributed by atoms with Crippen LogP contribution < -0.4 is 10.1 Å². The number of carbonyl (C=O) groups is 1. The Balaban J connectivity index is 2.66. The molecule has 1 atom stereocenters. The molecule has 1 N–H and O–H groups in total. The number of nitrogens with one attached hydrogen (secondary N) is 1. The van der Waals surface area contributed by atoms with Crippen molar-refractivity contribution in [2.45, 2.75) is 52.7 Å².